The SMILES string of the molecule is O=C(NCC1(O)CCOCC1)c1nn[nH]n1. The summed E-state index contributed by atoms with van der Waals surface area (Å²) in [5.74, 6) is -0.482. The highest BCUT2D eigenvalue weighted by Gasteiger charge is 2.30. The number of carbonyl (C=O) groups is 1. The van der Waals surface area contributed by atoms with E-state index in [-0.39, 0.29) is 12.4 Å². The van der Waals surface area contributed by atoms with Gasteiger partial charge in [-0.15, -0.1) is 10.2 Å². The normalized spacial score (nSPS) is 19.3. The Balaban J connectivity index is 1.84. The van der Waals surface area contributed by atoms with E-state index >= 15 is 0 Å². The molecule has 1 aromatic rings. The van der Waals surface area contributed by atoms with Gasteiger partial charge in [-0.05, 0) is 5.21 Å². The first-order chi connectivity index (χ1) is 7.70. The highest BCUT2D eigenvalue weighted by molar-refractivity contribution is 5.90. The monoisotopic (exact) mass is 227 g/mol. The Morgan fingerprint density at radius 3 is 2.94 bits per heavy atom. The van der Waals surface area contributed by atoms with E-state index in [1.807, 2.05) is 0 Å². The van der Waals surface area contributed by atoms with Crippen molar-refractivity contribution in [2.45, 2.75) is 18.4 Å². The van der Waals surface area contributed by atoms with Gasteiger partial charge in [0.1, 0.15) is 0 Å². The summed E-state index contributed by atoms with van der Waals surface area (Å²) in [6.07, 6.45) is 1.03. The number of tetrazole rings is 1. The molecule has 2 heterocycles. The summed E-state index contributed by atoms with van der Waals surface area (Å²) in [6.45, 7) is 1.19. The number of aliphatic hydroxyl groups is 1. The van der Waals surface area contributed by atoms with Crippen LogP contribution in [-0.2, 0) is 4.74 Å². The second kappa shape index (κ2) is 4.54. The number of rotatable bonds is 3. The summed E-state index contributed by atoms with van der Waals surface area (Å²) in [4.78, 5) is 11.5. The zero-order chi connectivity index (χ0) is 11.4. The third kappa shape index (κ3) is 2.52. The van der Waals surface area contributed by atoms with Crippen LogP contribution < -0.4 is 5.32 Å². The van der Waals surface area contributed by atoms with Gasteiger partial charge < -0.3 is 15.2 Å². The molecule has 16 heavy (non-hydrogen) atoms. The second-order valence-corrected chi connectivity index (χ2v) is 3.75. The van der Waals surface area contributed by atoms with Gasteiger partial charge in [-0.25, -0.2) is 0 Å². The first-order valence-electron chi connectivity index (χ1n) is 5.01. The number of ether oxygens (including phenoxy) is 1. The molecular formula is C8H13N5O3. The molecule has 0 aliphatic carbocycles. The third-order valence-corrected chi connectivity index (χ3v) is 2.55. The van der Waals surface area contributed by atoms with Gasteiger partial charge in [0.05, 0.1) is 5.60 Å². The molecule has 1 amide bonds. The average Bonchev–Trinajstić information content (AvgIpc) is 2.80. The van der Waals surface area contributed by atoms with Crippen LogP contribution in [0.1, 0.15) is 23.5 Å². The molecule has 1 saturated heterocycles. The minimum atomic E-state index is -0.891. The molecule has 88 valence electrons. The zero-order valence-electron chi connectivity index (χ0n) is 8.64. The quantitative estimate of drug-likeness (QED) is 0.577. The fraction of sp³-hybridized carbons (Fsp3) is 0.750. The maximum Gasteiger partial charge on any atom is 0.292 e. The summed E-state index contributed by atoms with van der Waals surface area (Å²) in [6, 6.07) is 0. The number of aromatic nitrogens is 4. The van der Waals surface area contributed by atoms with Crippen LogP contribution >= 0.6 is 0 Å². The number of carbonyl (C=O) groups excluding carboxylic acids is 1. The molecule has 0 radical (unpaired) electrons. The lowest BCUT2D eigenvalue weighted by Crippen LogP contribution is -2.46. The van der Waals surface area contributed by atoms with Crippen molar-refractivity contribution >= 4 is 5.91 Å². The molecular weight excluding hydrogens is 214 g/mol. The fourth-order valence-corrected chi connectivity index (χ4v) is 1.51. The van der Waals surface area contributed by atoms with E-state index in [1.54, 1.807) is 0 Å². The summed E-state index contributed by atoms with van der Waals surface area (Å²) < 4.78 is 5.13. The molecule has 8 nitrogen and oxygen atoms in total. The van der Waals surface area contributed by atoms with E-state index in [4.69, 9.17) is 4.74 Å². The van der Waals surface area contributed by atoms with E-state index < -0.39 is 11.5 Å². The van der Waals surface area contributed by atoms with Crippen molar-refractivity contribution < 1.29 is 14.6 Å². The van der Waals surface area contributed by atoms with E-state index in [0.717, 1.165) is 0 Å². The van der Waals surface area contributed by atoms with Crippen molar-refractivity contribution in [3.8, 4) is 0 Å². The van der Waals surface area contributed by atoms with Gasteiger partial charge in [0.2, 0.25) is 0 Å². The number of hydrogen-bond acceptors (Lipinski definition) is 6. The molecule has 0 unspecified atom stereocenters. The van der Waals surface area contributed by atoms with Gasteiger partial charge in [0, 0.05) is 32.6 Å². The largest absolute Gasteiger partial charge is 0.388 e. The molecule has 1 aromatic heterocycles. The molecule has 0 aromatic carbocycles. The van der Waals surface area contributed by atoms with Gasteiger partial charge in [-0.1, -0.05) is 0 Å². The molecule has 0 saturated carbocycles. The van der Waals surface area contributed by atoms with Crippen LogP contribution in [0.3, 0.4) is 0 Å². The lowest BCUT2D eigenvalue weighted by molar-refractivity contribution is -0.0605. The van der Waals surface area contributed by atoms with Crippen LogP contribution in [0.4, 0.5) is 0 Å². The first-order valence-corrected chi connectivity index (χ1v) is 5.01. The molecule has 2 rings (SSSR count). The topological polar surface area (TPSA) is 113 Å². The maximum absolute atomic E-state index is 11.5. The number of nitrogens with one attached hydrogen (secondary N) is 2. The van der Waals surface area contributed by atoms with Crippen molar-refractivity contribution in [2.75, 3.05) is 19.8 Å². The Kier molecular flexibility index (Phi) is 3.11. The predicted octanol–water partition coefficient (Wildman–Crippen LogP) is -1.53. The number of aromatic amines is 1. The smallest absolute Gasteiger partial charge is 0.292 e. The molecule has 1 fully saturated rings. The van der Waals surface area contributed by atoms with Crippen LogP contribution in [0.2, 0.25) is 0 Å². The Bertz CT molecular complexity index is 347. The summed E-state index contributed by atoms with van der Waals surface area (Å²) in [7, 11) is 0. The molecule has 0 spiro atoms. The van der Waals surface area contributed by atoms with Crippen molar-refractivity contribution in [3.63, 3.8) is 0 Å². The Morgan fingerprint density at radius 1 is 1.56 bits per heavy atom. The number of H-pyrrole nitrogens is 1. The fourth-order valence-electron chi connectivity index (χ4n) is 1.51. The Morgan fingerprint density at radius 2 is 2.31 bits per heavy atom. The summed E-state index contributed by atoms with van der Waals surface area (Å²) in [5, 5.41) is 25.2. The molecule has 0 atom stereocenters. The van der Waals surface area contributed by atoms with Crippen molar-refractivity contribution in [1.29, 1.82) is 0 Å². The molecule has 3 N–H and O–H groups in total. The van der Waals surface area contributed by atoms with E-state index in [2.05, 4.69) is 25.9 Å². The van der Waals surface area contributed by atoms with Gasteiger partial charge >= 0.3 is 0 Å². The van der Waals surface area contributed by atoms with Crippen LogP contribution in [0.25, 0.3) is 0 Å². The maximum atomic E-state index is 11.5. The van der Waals surface area contributed by atoms with Crippen molar-refractivity contribution in [2.24, 2.45) is 0 Å². The number of amides is 1. The minimum absolute atomic E-state index is 0.0318. The number of nitrogens with zero attached hydrogens (tertiary/aromatic N) is 3. The second-order valence-electron chi connectivity index (χ2n) is 3.75. The highest BCUT2D eigenvalue weighted by Crippen LogP contribution is 2.19. The lowest BCUT2D eigenvalue weighted by atomic mass is 9.94. The molecule has 8 heteroatoms. The molecule has 1 aliphatic rings. The average molecular weight is 227 g/mol. The highest BCUT2D eigenvalue weighted by atomic mass is 16.5. The van der Waals surface area contributed by atoms with E-state index in [0.29, 0.717) is 26.1 Å². The van der Waals surface area contributed by atoms with Crippen molar-refractivity contribution in [3.05, 3.63) is 5.82 Å². The van der Waals surface area contributed by atoms with Gasteiger partial charge in [-0.2, -0.15) is 5.21 Å². The van der Waals surface area contributed by atoms with Crippen LogP contribution in [0, 0.1) is 0 Å². The van der Waals surface area contributed by atoms with Crippen LogP contribution in [0.5, 0.6) is 0 Å². The van der Waals surface area contributed by atoms with Crippen molar-refractivity contribution in [1.82, 2.24) is 25.9 Å². The lowest BCUT2D eigenvalue weighted by Gasteiger charge is -2.31. The van der Waals surface area contributed by atoms with Crippen LogP contribution in [-0.4, -0.2) is 57.0 Å². The van der Waals surface area contributed by atoms with Gasteiger partial charge in [0.25, 0.3) is 11.7 Å². The summed E-state index contributed by atoms with van der Waals surface area (Å²) in [5.41, 5.74) is -0.891. The minimum Gasteiger partial charge on any atom is -0.388 e. The van der Waals surface area contributed by atoms with E-state index in [1.165, 1.54) is 0 Å². The van der Waals surface area contributed by atoms with Gasteiger partial charge in [0.15, 0.2) is 0 Å². The standard InChI is InChI=1S/C8H13N5O3/c14-7(6-10-12-13-11-6)9-5-8(15)1-3-16-4-2-8/h15H,1-5H2,(H,9,14)(H,10,11,12,13). The molecule has 1 aliphatic heterocycles. The van der Waals surface area contributed by atoms with Crippen LogP contribution in [0.15, 0.2) is 0 Å². The number of hydrogen-bond donors (Lipinski definition) is 3. The Labute approximate surface area is 91.4 Å². The first kappa shape index (κ1) is 11.0. The van der Waals surface area contributed by atoms with Gasteiger partial charge in [-0.3, -0.25) is 4.79 Å². The summed E-state index contributed by atoms with van der Waals surface area (Å²) >= 11 is 0. The molecule has 0 bridgehead atoms. The zero-order valence-corrected chi connectivity index (χ0v) is 8.64. The third-order valence-electron chi connectivity index (χ3n) is 2.55. The predicted molar refractivity (Wildman–Crippen MR) is 51.5 cm³/mol. The van der Waals surface area contributed by atoms with E-state index in [9.17, 15) is 9.90 Å². The Hall–Kier alpha value is -1.54.